The Kier molecular flexibility index (Phi) is 4.19. The molecule has 0 saturated heterocycles. The average Bonchev–Trinajstić information content (AvgIpc) is 2.39. The third kappa shape index (κ3) is 3.05. The van der Waals surface area contributed by atoms with Gasteiger partial charge in [0.15, 0.2) is 0 Å². The van der Waals surface area contributed by atoms with Crippen molar-refractivity contribution >= 4 is 23.3 Å². The number of thioether (sulfide) groups is 1. The summed E-state index contributed by atoms with van der Waals surface area (Å²) in [6, 6.07) is 3.59. The topological polar surface area (TPSA) is 94.9 Å². The second-order valence-electron chi connectivity index (χ2n) is 4.33. The fourth-order valence-electron chi connectivity index (χ4n) is 1.82. The molecule has 0 aromatic carbocycles. The van der Waals surface area contributed by atoms with Crippen molar-refractivity contribution in [2.24, 2.45) is 0 Å². The van der Waals surface area contributed by atoms with Crippen molar-refractivity contribution in [3.05, 3.63) is 51.5 Å². The lowest BCUT2D eigenvalue weighted by Gasteiger charge is -2.07. The van der Waals surface area contributed by atoms with Gasteiger partial charge in [-0.15, -0.1) is 11.8 Å². The summed E-state index contributed by atoms with van der Waals surface area (Å²) >= 11 is 1.52. The largest absolute Gasteiger partial charge is 0.384 e. The van der Waals surface area contributed by atoms with Crippen molar-refractivity contribution < 1.29 is 4.92 Å². The first-order valence-corrected chi connectivity index (χ1v) is 6.91. The smallest absolute Gasteiger partial charge is 0.278 e. The second kappa shape index (κ2) is 5.87. The Morgan fingerprint density at radius 1 is 1.30 bits per heavy atom. The summed E-state index contributed by atoms with van der Waals surface area (Å²) in [6.07, 6.45) is 3.22. The quantitative estimate of drug-likeness (QED) is 0.528. The van der Waals surface area contributed by atoms with Crippen molar-refractivity contribution in [2.45, 2.75) is 24.5 Å². The van der Waals surface area contributed by atoms with Gasteiger partial charge in [0.05, 0.1) is 10.6 Å². The number of aromatic nitrogens is 2. The summed E-state index contributed by atoms with van der Waals surface area (Å²) in [5, 5.41) is 11.1. The highest BCUT2D eigenvalue weighted by Crippen LogP contribution is 2.28. The minimum atomic E-state index is -0.356. The molecule has 0 aliphatic heterocycles. The van der Waals surface area contributed by atoms with E-state index in [1.165, 1.54) is 11.8 Å². The van der Waals surface area contributed by atoms with Gasteiger partial charge in [0, 0.05) is 34.2 Å². The molecule has 2 aromatic heterocycles. The van der Waals surface area contributed by atoms with Gasteiger partial charge in [-0.1, -0.05) is 0 Å². The maximum absolute atomic E-state index is 11.1. The van der Waals surface area contributed by atoms with Crippen molar-refractivity contribution in [2.75, 3.05) is 5.73 Å². The van der Waals surface area contributed by atoms with E-state index in [1.807, 2.05) is 6.07 Å². The van der Waals surface area contributed by atoms with E-state index in [9.17, 15) is 10.1 Å². The third-order valence-corrected chi connectivity index (χ3v) is 3.89. The van der Waals surface area contributed by atoms with Crippen LogP contribution >= 0.6 is 11.8 Å². The number of hydrogen-bond acceptors (Lipinski definition) is 6. The monoisotopic (exact) mass is 290 g/mol. The minimum absolute atomic E-state index is 0.144. The number of nitrogens with zero attached hydrogens (tertiary/aromatic N) is 3. The molecule has 2 N–H and O–H groups in total. The van der Waals surface area contributed by atoms with Crippen molar-refractivity contribution in [3.63, 3.8) is 0 Å². The van der Waals surface area contributed by atoms with Crippen LogP contribution in [-0.4, -0.2) is 14.9 Å². The van der Waals surface area contributed by atoms with Crippen molar-refractivity contribution in [1.82, 2.24) is 9.97 Å². The average molecular weight is 290 g/mol. The molecule has 0 saturated carbocycles. The minimum Gasteiger partial charge on any atom is -0.384 e. The van der Waals surface area contributed by atoms with Crippen LogP contribution in [0.15, 0.2) is 29.4 Å². The van der Waals surface area contributed by atoms with Crippen LogP contribution in [0.3, 0.4) is 0 Å². The number of pyridine rings is 2. The Hall–Kier alpha value is -2.15. The number of anilines is 1. The van der Waals surface area contributed by atoms with Crippen molar-refractivity contribution in [1.29, 1.82) is 0 Å². The van der Waals surface area contributed by atoms with Crippen LogP contribution in [0, 0.1) is 24.0 Å². The maximum atomic E-state index is 11.1. The molecule has 7 heteroatoms. The van der Waals surface area contributed by atoms with Gasteiger partial charge in [-0.05, 0) is 26.0 Å². The van der Waals surface area contributed by atoms with Gasteiger partial charge in [0.1, 0.15) is 5.82 Å². The molecule has 104 valence electrons. The molecule has 2 aromatic rings. The lowest BCUT2D eigenvalue weighted by Crippen LogP contribution is -2.01. The standard InChI is InChI=1S/C13H14N4O2S/c1-8-5-15-11(9(2)13(8)17(18)19)7-20-10-3-4-12(14)16-6-10/h3-6H,7H2,1-2H3,(H2,14,16). The first-order valence-electron chi connectivity index (χ1n) is 5.93. The maximum Gasteiger partial charge on any atom is 0.278 e. The summed E-state index contributed by atoms with van der Waals surface area (Å²) in [5.74, 6) is 1.02. The highest BCUT2D eigenvalue weighted by atomic mass is 32.2. The zero-order valence-corrected chi connectivity index (χ0v) is 12.0. The van der Waals surface area contributed by atoms with E-state index >= 15 is 0 Å². The van der Waals surface area contributed by atoms with Crippen LogP contribution in [-0.2, 0) is 5.75 Å². The normalized spacial score (nSPS) is 10.5. The summed E-state index contributed by atoms with van der Waals surface area (Å²) in [6.45, 7) is 3.42. The number of aryl methyl sites for hydroxylation is 1. The zero-order valence-electron chi connectivity index (χ0n) is 11.2. The highest BCUT2D eigenvalue weighted by Gasteiger charge is 2.18. The number of nitro groups is 1. The fraction of sp³-hybridized carbons (Fsp3) is 0.231. The van der Waals surface area contributed by atoms with Gasteiger partial charge in [-0.2, -0.15) is 0 Å². The number of nitrogens with two attached hydrogens (primary N) is 1. The van der Waals surface area contributed by atoms with E-state index in [-0.39, 0.29) is 10.6 Å². The Morgan fingerprint density at radius 3 is 2.65 bits per heavy atom. The van der Waals surface area contributed by atoms with Gasteiger partial charge in [0.2, 0.25) is 0 Å². The molecule has 0 fully saturated rings. The van der Waals surface area contributed by atoms with Crippen LogP contribution in [0.1, 0.15) is 16.8 Å². The molecule has 0 unspecified atom stereocenters. The molecule has 6 nitrogen and oxygen atoms in total. The van der Waals surface area contributed by atoms with Gasteiger partial charge in [-0.25, -0.2) is 4.98 Å². The Morgan fingerprint density at radius 2 is 2.05 bits per heavy atom. The first kappa shape index (κ1) is 14.3. The lowest BCUT2D eigenvalue weighted by molar-refractivity contribution is -0.386. The molecule has 2 heterocycles. The van der Waals surface area contributed by atoms with E-state index in [0.717, 1.165) is 4.90 Å². The van der Waals surface area contributed by atoms with Crippen LogP contribution in [0.5, 0.6) is 0 Å². The third-order valence-electron chi connectivity index (χ3n) is 2.89. The van der Waals surface area contributed by atoms with Gasteiger partial charge in [-0.3, -0.25) is 15.1 Å². The summed E-state index contributed by atoms with van der Waals surface area (Å²) < 4.78 is 0. The number of rotatable bonds is 4. The van der Waals surface area contributed by atoms with E-state index in [2.05, 4.69) is 9.97 Å². The van der Waals surface area contributed by atoms with Crippen molar-refractivity contribution in [3.8, 4) is 0 Å². The van der Waals surface area contributed by atoms with Gasteiger partial charge in [0.25, 0.3) is 5.69 Å². The van der Waals surface area contributed by atoms with Crippen LogP contribution in [0.25, 0.3) is 0 Å². The second-order valence-corrected chi connectivity index (χ2v) is 5.37. The summed E-state index contributed by atoms with van der Waals surface area (Å²) in [7, 11) is 0. The van der Waals surface area contributed by atoms with Crippen LogP contribution in [0.4, 0.5) is 11.5 Å². The number of nitrogen functional groups attached to an aromatic ring is 1. The molecule has 0 atom stereocenters. The van der Waals surface area contributed by atoms with Crippen LogP contribution in [0.2, 0.25) is 0 Å². The highest BCUT2D eigenvalue weighted by molar-refractivity contribution is 7.98. The lowest BCUT2D eigenvalue weighted by atomic mass is 10.1. The SMILES string of the molecule is Cc1cnc(CSc2ccc(N)nc2)c(C)c1[N+](=O)[O-]. The van der Waals surface area contributed by atoms with E-state index in [4.69, 9.17) is 5.73 Å². The Bertz CT molecular complexity index is 644. The molecule has 0 aliphatic rings. The van der Waals surface area contributed by atoms with Gasteiger partial charge >= 0.3 is 0 Å². The molecular formula is C13H14N4O2S. The Balaban J connectivity index is 2.20. The van der Waals surface area contributed by atoms with E-state index < -0.39 is 0 Å². The van der Waals surface area contributed by atoms with E-state index in [1.54, 1.807) is 32.3 Å². The fourth-order valence-corrected chi connectivity index (χ4v) is 2.71. The molecule has 0 aliphatic carbocycles. The predicted molar refractivity (Wildman–Crippen MR) is 78.6 cm³/mol. The predicted octanol–water partition coefficient (Wildman–Crippen LogP) is 2.88. The molecule has 0 amide bonds. The Labute approximate surface area is 120 Å². The zero-order chi connectivity index (χ0) is 14.7. The van der Waals surface area contributed by atoms with E-state index in [0.29, 0.717) is 28.4 Å². The summed E-state index contributed by atoms with van der Waals surface area (Å²) in [4.78, 5) is 19.9. The number of hydrogen-bond donors (Lipinski definition) is 1. The molecule has 20 heavy (non-hydrogen) atoms. The molecule has 0 bridgehead atoms. The molecule has 0 spiro atoms. The molecule has 2 rings (SSSR count). The molecular weight excluding hydrogens is 276 g/mol. The van der Waals surface area contributed by atoms with Crippen LogP contribution < -0.4 is 5.73 Å². The van der Waals surface area contributed by atoms with Gasteiger partial charge < -0.3 is 5.73 Å². The first-order chi connectivity index (χ1) is 9.49. The molecule has 0 radical (unpaired) electrons. The summed E-state index contributed by atoms with van der Waals surface area (Å²) in [5.41, 5.74) is 7.57.